The lowest BCUT2D eigenvalue weighted by atomic mass is 10.1. The summed E-state index contributed by atoms with van der Waals surface area (Å²) in [6.07, 6.45) is -0.0547. The first-order valence-electron chi connectivity index (χ1n) is 9.07. The van der Waals surface area contributed by atoms with E-state index in [4.69, 9.17) is 15.7 Å². The Morgan fingerprint density at radius 1 is 1.48 bits per heavy atom. The third-order valence-corrected chi connectivity index (χ3v) is 4.53. The second-order valence-corrected chi connectivity index (χ2v) is 6.58. The number of nitrogens with two attached hydrogens (primary N) is 1. The summed E-state index contributed by atoms with van der Waals surface area (Å²) in [5.41, 5.74) is 6.98. The molecule has 1 unspecified atom stereocenters. The van der Waals surface area contributed by atoms with Gasteiger partial charge in [0.05, 0.1) is 12.6 Å². The van der Waals surface area contributed by atoms with Gasteiger partial charge in [0.2, 0.25) is 5.91 Å². The number of alkyl halides is 1. The van der Waals surface area contributed by atoms with Crippen molar-refractivity contribution in [1.82, 2.24) is 10.2 Å². The first-order valence-corrected chi connectivity index (χ1v) is 9.07. The number of benzene rings is 1. The van der Waals surface area contributed by atoms with Gasteiger partial charge in [-0.05, 0) is 12.5 Å². The smallest absolute Gasteiger partial charge is 0.408 e. The van der Waals surface area contributed by atoms with E-state index in [9.17, 15) is 14.0 Å². The Labute approximate surface area is 158 Å². The van der Waals surface area contributed by atoms with E-state index < -0.39 is 30.3 Å². The number of carbonyl (C=O) groups excluding carboxylic acids is 2. The van der Waals surface area contributed by atoms with Crippen molar-refractivity contribution < 1.29 is 18.7 Å². The molecule has 0 radical (unpaired) electrons. The molecule has 1 fully saturated rings. The van der Waals surface area contributed by atoms with Gasteiger partial charge in [-0.1, -0.05) is 38.0 Å². The van der Waals surface area contributed by atoms with Gasteiger partial charge >= 0.3 is 6.09 Å². The molecule has 3 atom stereocenters. The Kier molecular flexibility index (Phi) is 7.41. The zero-order valence-electron chi connectivity index (χ0n) is 15.4. The lowest BCUT2D eigenvalue weighted by Crippen LogP contribution is -2.50. The molecule has 7 nitrogen and oxygen atoms in total. The fraction of sp³-hybridized carbons (Fsp3) is 0.526. The van der Waals surface area contributed by atoms with Gasteiger partial charge in [-0.2, -0.15) is 5.26 Å². The van der Waals surface area contributed by atoms with E-state index in [1.807, 2.05) is 13.0 Å². The van der Waals surface area contributed by atoms with E-state index in [-0.39, 0.29) is 19.6 Å². The molecule has 1 saturated heterocycles. The summed E-state index contributed by atoms with van der Waals surface area (Å²) in [6, 6.07) is 7.29. The van der Waals surface area contributed by atoms with E-state index in [0.29, 0.717) is 24.1 Å². The Balaban J connectivity index is 1.98. The number of hydrogen-bond donors (Lipinski definition) is 2. The largest absolute Gasteiger partial charge is 0.445 e. The third-order valence-electron chi connectivity index (χ3n) is 4.53. The van der Waals surface area contributed by atoms with Crippen LogP contribution in [0.5, 0.6) is 0 Å². The van der Waals surface area contributed by atoms with Crippen molar-refractivity contribution >= 4 is 17.7 Å². The Hall–Kier alpha value is -2.82. The van der Waals surface area contributed by atoms with Crippen LogP contribution in [0.2, 0.25) is 0 Å². The van der Waals surface area contributed by atoms with Crippen molar-refractivity contribution in [2.24, 2.45) is 0 Å². The van der Waals surface area contributed by atoms with Gasteiger partial charge in [0.15, 0.2) is 0 Å². The number of nitrogens with zero attached hydrogens (tertiary/aromatic N) is 2. The molecular formula is C19H25FN4O3. The van der Waals surface area contributed by atoms with Crippen LogP contribution in [0, 0.1) is 11.3 Å². The molecule has 1 aromatic carbocycles. The van der Waals surface area contributed by atoms with Crippen molar-refractivity contribution in [2.75, 3.05) is 12.3 Å². The fourth-order valence-electron chi connectivity index (χ4n) is 3.01. The molecule has 1 heterocycles. The second-order valence-electron chi connectivity index (χ2n) is 6.58. The van der Waals surface area contributed by atoms with Crippen molar-refractivity contribution in [3.05, 3.63) is 29.8 Å². The number of para-hydroxylation sites is 1. The number of ether oxygens (including phenoxy) is 1. The first-order chi connectivity index (χ1) is 13.0. The number of unbranched alkanes of at least 4 members (excludes halogenated alkanes) is 1. The normalized spacial score (nSPS) is 20.0. The number of likely N-dealkylation sites (tertiary alicyclic amines) is 1. The molecule has 146 valence electrons. The molecule has 0 spiro atoms. The molecule has 1 aromatic rings. The van der Waals surface area contributed by atoms with Gasteiger partial charge in [0, 0.05) is 17.7 Å². The summed E-state index contributed by atoms with van der Waals surface area (Å²) in [4.78, 5) is 26.1. The van der Waals surface area contributed by atoms with E-state index in [0.717, 1.165) is 6.42 Å². The molecule has 2 rings (SSSR count). The second kappa shape index (κ2) is 9.76. The summed E-state index contributed by atoms with van der Waals surface area (Å²) in [5, 5.41) is 11.7. The minimum absolute atomic E-state index is 0.000465. The van der Waals surface area contributed by atoms with Crippen LogP contribution in [-0.2, 0) is 16.1 Å². The molecule has 27 heavy (non-hydrogen) atoms. The average Bonchev–Trinajstić information content (AvgIpc) is 3.04. The van der Waals surface area contributed by atoms with Crippen LogP contribution in [0.25, 0.3) is 0 Å². The van der Waals surface area contributed by atoms with Gasteiger partial charge in [0.25, 0.3) is 0 Å². The van der Waals surface area contributed by atoms with Gasteiger partial charge in [-0.25, -0.2) is 9.18 Å². The van der Waals surface area contributed by atoms with E-state index in [1.165, 1.54) is 4.90 Å². The Morgan fingerprint density at radius 2 is 2.22 bits per heavy atom. The van der Waals surface area contributed by atoms with Crippen molar-refractivity contribution in [3.8, 4) is 6.07 Å². The maximum atomic E-state index is 13.6. The van der Waals surface area contributed by atoms with Crippen molar-refractivity contribution in [2.45, 2.75) is 57.5 Å². The number of nitrogens with one attached hydrogen (secondary N) is 1. The van der Waals surface area contributed by atoms with Crippen LogP contribution in [0.3, 0.4) is 0 Å². The van der Waals surface area contributed by atoms with Gasteiger partial charge in [-0.15, -0.1) is 0 Å². The average molecular weight is 376 g/mol. The maximum Gasteiger partial charge on any atom is 0.408 e. The van der Waals surface area contributed by atoms with E-state index in [2.05, 4.69) is 5.32 Å². The molecule has 0 aromatic heterocycles. The molecule has 1 aliphatic heterocycles. The first kappa shape index (κ1) is 20.5. The molecule has 3 N–H and O–H groups in total. The van der Waals surface area contributed by atoms with Crippen LogP contribution in [0.15, 0.2) is 24.3 Å². The highest BCUT2D eigenvalue weighted by Crippen LogP contribution is 2.22. The van der Waals surface area contributed by atoms with Gasteiger partial charge < -0.3 is 20.7 Å². The molecule has 2 amide bonds. The molecular weight excluding hydrogens is 351 g/mol. The summed E-state index contributed by atoms with van der Waals surface area (Å²) >= 11 is 0. The standard InChI is InChI=1S/C19H25FN4O3/c1-2-3-8-17(18(25)24-11-14(20)9-15(24)10-21)23-19(26)27-12-13-6-4-5-7-16(13)22/h4-7,14-15,17H,2-3,8-9,11-12,22H2,1H3,(H,23,26)/t14-,15-,17?/m0/s1. The molecule has 0 bridgehead atoms. The number of nitrogen functional groups attached to an aromatic ring is 1. The SMILES string of the molecule is CCCCC(NC(=O)OCc1ccccc1N)C(=O)N1C[C@@H](F)C[C@H]1C#N. The monoisotopic (exact) mass is 376 g/mol. The number of carbonyl (C=O) groups is 2. The summed E-state index contributed by atoms with van der Waals surface area (Å²) in [5.74, 6) is -0.452. The molecule has 0 aliphatic carbocycles. The number of nitriles is 1. The number of rotatable bonds is 7. The van der Waals surface area contributed by atoms with E-state index >= 15 is 0 Å². The topological polar surface area (TPSA) is 108 Å². The zero-order valence-corrected chi connectivity index (χ0v) is 15.4. The number of hydrogen-bond acceptors (Lipinski definition) is 5. The summed E-state index contributed by atoms with van der Waals surface area (Å²) in [6.45, 7) is 1.81. The van der Waals surface area contributed by atoms with Crippen LogP contribution in [-0.4, -0.2) is 41.7 Å². The van der Waals surface area contributed by atoms with Crippen LogP contribution in [0.4, 0.5) is 14.9 Å². The highest BCUT2D eigenvalue weighted by Gasteiger charge is 2.38. The fourth-order valence-corrected chi connectivity index (χ4v) is 3.01. The lowest BCUT2D eigenvalue weighted by Gasteiger charge is -2.26. The number of halogens is 1. The number of anilines is 1. The summed E-state index contributed by atoms with van der Waals surface area (Å²) < 4.78 is 18.8. The van der Waals surface area contributed by atoms with Gasteiger partial charge in [-0.3, -0.25) is 4.79 Å². The Morgan fingerprint density at radius 3 is 2.89 bits per heavy atom. The third kappa shape index (κ3) is 5.58. The highest BCUT2D eigenvalue weighted by molar-refractivity contribution is 5.86. The maximum absolute atomic E-state index is 13.6. The number of alkyl carbamates (subject to hydrolysis) is 1. The minimum Gasteiger partial charge on any atom is -0.445 e. The van der Waals surface area contributed by atoms with Gasteiger partial charge in [0.1, 0.15) is 24.9 Å². The Bertz CT molecular complexity index is 706. The molecule has 1 aliphatic rings. The highest BCUT2D eigenvalue weighted by atomic mass is 19.1. The molecule has 0 saturated carbocycles. The predicted molar refractivity (Wildman–Crippen MR) is 98.1 cm³/mol. The lowest BCUT2D eigenvalue weighted by molar-refractivity contribution is -0.133. The quantitative estimate of drug-likeness (QED) is 0.711. The molecule has 8 heteroatoms. The van der Waals surface area contributed by atoms with E-state index in [1.54, 1.807) is 24.3 Å². The van der Waals surface area contributed by atoms with Crippen molar-refractivity contribution in [1.29, 1.82) is 5.26 Å². The minimum atomic E-state index is -1.22. The van der Waals surface area contributed by atoms with Crippen molar-refractivity contribution in [3.63, 3.8) is 0 Å². The van der Waals surface area contributed by atoms with Crippen LogP contribution < -0.4 is 11.1 Å². The predicted octanol–water partition coefficient (Wildman–Crippen LogP) is 2.52. The van der Waals surface area contributed by atoms with Crippen LogP contribution in [0.1, 0.15) is 38.2 Å². The number of amides is 2. The van der Waals surface area contributed by atoms with Crippen LogP contribution >= 0.6 is 0 Å². The zero-order chi connectivity index (χ0) is 19.8. The summed E-state index contributed by atoms with van der Waals surface area (Å²) in [7, 11) is 0.